The number of carbonyl (C=O) groups excluding carboxylic acids is 2. The molecule has 4 atom stereocenters. The highest BCUT2D eigenvalue weighted by atomic mass is 16.5. The largest absolute Gasteiger partial charge is 0.379 e. The van der Waals surface area contributed by atoms with Gasteiger partial charge in [-0.1, -0.05) is 13.0 Å². The highest BCUT2D eigenvalue weighted by molar-refractivity contribution is 5.93. The standard InChI is InChI=1S/C28H40N4O3/c1-27-16-22(26(34)30-7-9-31-10-12-35-13-11-31)17-28(27)6-8-32(18-19-2-3-19)24(27)15-20-4-5-21(25(29)33)14-23(20)28/h4-5,14,19,22,24H,2-3,6-13,15-18H2,1H3,(H2,29,33)(H,30,34)/t22-,24?,27?,28?/m1/s1. The minimum Gasteiger partial charge on any atom is -0.379 e. The number of rotatable bonds is 7. The summed E-state index contributed by atoms with van der Waals surface area (Å²) in [4.78, 5) is 30.7. The third-order valence-electron chi connectivity index (χ3n) is 10.1. The smallest absolute Gasteiger partial charge is 0.248 e. The van der Waals surface area contributed by atoms with Crippen LogP contribution in [-0.4, -0.2) is 80.1 Å². The van der Waals surface area contributed by atoms with E-state index in [1.165, 1.54) is 30.5 Å². The van der Waals surface area contributed by atoms with Crippen molar-refractivity contribution in [1.82, 2.24) is 15.1 Å². The van der Waals surface area contributed by atoms with Crippen LogP contribution in [0.2, 0.25) is 0 Å². The number of hydrogen-bond donors (Lipinski definition) is 2. The molecule has 190 valence electrons. The van der Waals surface area contributed by atoms with Crippen LogP contribution in [0.4, 0.5) is 0 Å². The van der Waals surface area contributed by atoms with Crippen molar-refractivity contribution < 1.29 is 14.3 Å². The topological polar surface area (TPSA) is 87.9 Å². The van der Waals surface area contributed by atoms with Crippen molar-refractivity contribution in [3.63, 3.8) is 0 Å². The quantitative estimate of drug-likeness (QED) is 0.623. The average Bonchev–Trinajstić information content (AvgIpc) is 3.60. The van der Waals surface area contributed by atoms with Gasteiger partial charge in [-0.3, -0.25) is 19.4 Å². The highest BCUT2D eigenvalue weighted by Crippen LogP contribution is 2.66. The second kappa shape index (κ2) is 8.86. The number of piperidine rings is 1. The first-order chi connectivity index (χ1) is 16.9. The molecule has 0 radical (unpaired) electrons. The molecule has 3 unspecified atom stereocenters. The monoisotopic (exact) mass is 480 g/mol. The average molecular weight is 481 g/mol. The maximum atomic E-state index is 13.5. The Hall–Kier alpha value is -1.96. The predicted octanol–water partition coefficient (Wildman–Crippen LogP) is 1.93. The van der Waals surface area contributed by atoms with Gasteiger partial charge >= 0.3 is 0 Å². The van der Waals surface area contributed by atoms with E-state index in [-0.39, 0.29) is 28.6 Å². The maximum absolute atomic E-state index is 13.5. The Morgan fingerprint density at radius 3 is 2.71 bits per heavy atom. The summed E-state index contributed by atoms with van der Waals surface area (Å²) in [7, 11) is 0. The normalized spacial score (nSPS) is 34.8. The molecular weight excluding hydrogens is 440 g/mol. The Balaban J connectivity index is 1.26. The molecule has 0 aromatic heterocycles. The van der Waals surface area contributed by atoms with Crippen molar-refractivity contribution in [3.05, 3.63) is 34.9 Å². The van der Waals surface area contributed by atoms with E-state index in [1.807, 2.05) is 6.07 Å². The summed E-state index contributed by atoms with van der Waals surface area (Å²) in [6.45, 7) is 9.74. The van der Waals surface area contributed by atoms with Crippen LogP contribution in [0.1, 0.15) is 60.5 Å². The van der Waals surface area contributed by atoms with E-state index in [9.17, 15) is 9.59 Å². The number of likely N-dealkylation sites (tertiary alicyclic amines) is 1. The molecule has 35 heavy (non-hydrogen) atoms. The van der Waals surface area contributed by atoms with Crippen LogP contribution in [0.25, 0.3) is 0 Å². The van der Waals surface area contributed by atoms with Gasteiger partial charge in [-0.15, -0.1) is 0 Å². The Labute approximate surface area is 208 Å². The lowest BCUT2D eigenvalue weighted by molar-refractivity contribution is -0.125. The summed E-state index contributed by atoms with van der Waals surface area (Å²) >= 11 is 0. The van der Waals surface area contributed by atoms with Crippen LogP contribution in [0.5, 0.6) is 0 Å². The van der Waals surface area contributed by atoms with Crippen molar-refractivity contribution in [1.29, 1.82) is 0 Å². The summed E-state index contributed by atoms with van der Waals surface area (Å²) in [6, 6.07) is 6.56. The lowest BCUT2D eigenvalue weighted by Crippen LogP contribution is -2.64. The number of nitrogens with two attached hydrogens (primary N) is 1. The molecule has 2 saturated carbocycles. The lowest BCUT2D eigenvalue weighted by atomic mass is 9.51. The molecule has 5 aliphatic rings. The minimum atomic E-state index is -0.366. The molecule has 7 nitrogen and oxygen atoms in total. The van der Waals surface area contributed by atoms with Crippen molar-refractivity contribution in [3.8, 4) is 0 Å². The highest BCUT2D eigenvalue weighted by Gasteiger charge is 2.66. The van der Waals surface area contributed by atoms with Gasteiger partial charge < -0.3 is 15.8 Å². The molecule has 4 fully saturated rings. The number of hydrogen-bond acceptors (Lipinski definition) is 5. The van der Waals surface area contributed by atoms with E-state index in [0.29, 0.717) is 18.2 Å². The zero-order valence-corrected chi connectivity index (χ0v) is 21.1. The number of nitrogens with zero attached hydrogens (tertiary/aromatic N) is 2. The first kappa shape index (κ1) is 23.4. The SMILES string of the molecule is CC12C[C@@H](C(=O)NCCN3CCOCC3)CC13CCN(CC1CC1)C2Cc1ccc(C(N)=O)cc13. The summed E-state index contributed by atoms with van der Waals surface area (Å²) in [5.41, 5.74) is 8.89. The third-order valence-corrected chi connectivity index (χ3v) is 10.1. The van der Waals surface area contributed by atoms with Crippen LogP contribution in [0, 0.1) is 17.3 Å². The zero-order valence-electron chi connectivity index (χ0n) is 21.1. The molecule has 3 aliphatic carbocycles. The Bertz CT molecular complexity index is 1000. The van der Waals surface area contributed by atoms with Gasteiger partial charge in [0.2, 0.25) is 11.8 Å². The van der Waals surface area contributed by atoms with Crippen molar-refractivity contribution >= 4 is 11.8 Å². The van der Waals surface area contributed by atoms with Gasteiger partial charge in [0.05, 0.1) is 13.2 Å². The second-order valence-electron chi connectivity index (χ2n) is 12.0. The fourth-order valence-corrected chi connectivity index (χ4v) is 7.98. The molecular formula is C28H40N4O3. The van der Waals surface area contributed by atoms with E-state index in [2.05, 4.69) is 34.2 Å². The first-order valence-corrected chi connectivity index (χ1v) is 13.6. The minimum absolute atomic E-state index is 0.0104. The van der Waals surface area contributed by atoms with Crippen LogP contribution >= 0.6 is 0 Å². The summed E-state index contributed by atoms with van der Waals surface area (Å²) in [6.07, 6.45) is 6.57. The van der Waals surface area contributed by atoms with Crippen molar-refractivity contribution in [2.75, 3.05) is 52.5 Å². The number of primary amides is 1. The van der Waals surface area contributed by atoms with Crippen LogP contribution in [0.3, 0.4) is 0 Å². The lowest BCUT2D eigenvalue weighted by Gasteiger charge is -2.61. The summed E-state index contributed by atoms with van der Waals surface area (Å²) in [5.74, 6) is 0.700. The van der Waals surface area contributed by atoms with Crippen molar-refractivity contribution in [2.45, 2.75) is 56.9 Å². The number of fused-ring (bicyclic) bond motifs is 1. The van der Waals surface area contributed by atoms with Gasteiger partial charge in [0.1, 0.15) is 0 Å². The number of amides is 2. The maximum Gasteiger partial charge on any atom is 0.248 e. The molecule has 3 N–H and O–H groups in total. The number of nitrogens with one attached hydrogen (secondary N) is 1. The first-order valence-electron chi connectivity index (χ1n) is 13.6. The van der Waals surface area contributed by atoms with Crippen LogP contribution in [-0.2, 0) is 21.4 Å². The molecule has 6 rings (SSSR count). The summed E-state index contributed by atoms with van der Waals surface area (Å²) in [5, 5.41) is 3.27. The number of ether oxygens (including phenoxy) is 1. The Kier molecular flexibility index (Phi) is 5.93. The zero-order chi connectivity index (χ0) is 24.2. The van der Waals surface area contributed by atoms with Gasteiger partial charge in [-0.25, -0.2) is 0 Å². The van der Waals surface area contributed by atoms with Crippen LogP contribution in [0.15, 0.2) is 18.2 Å². The molecule has 2 bridgehead atoms. The predicted molar refractivity (Wildman–Crippen MR) is 134 cm³/mol. The number of benzene rings is 1. The Morgan fingerprint density at radius 2 is 1.97 bits per heavy atom. The van der Waals surface area contributed by atoms with E-state index in [0.717, 1.165) is 71.0 Å². The van der Waals surface area contributed by atoms with Crippen molar-refractivity contribution in [2.24, 2.45) is 23.0 Å². The molecule has 7 heteroatoms. The number of carbonyl (C=O) groups is 2. The van der Waals surface area contributed by atoms with E-state index in [4.69, 9.17) is 10.5 Å². The Morgan fingerprint density at radius 1 is 1.17 bits per heavy atom. The van der Waals surface area contributed by atoms with E-state index >= 15 is 0 Å². The fourth-order valence-electron chi connectivity index (χ4n) is 7.98. The van der Waals surface area contributed by atoms with Gasteiger partial charge in [0.15, 0.2) is 0 Å². The molecule has 1 aromatic rings. The number of morpholine rings is 1. The van der Waals surface area contributed by atoms with E-state index in [1.54, 1.807) is 0 Å². The van der Waals surface area contributed by atoms with E-state index < -0.39 is 0 Å². The molecule has 2 amide bonds. The van der Waals surface area contributed by atoms with Gasteiger partial charge in [0, 0.05) is 55.7 Å². The molecule has 1 aromatic carbocycles. The third kappa shape index (κ3) is 4.00. The molecule has 2 saturated heterocycles. The molecule has 2 aliphatic heterocycles. The van der Waals surface area contributed by atoms with Gasteiger partial charge in [-0.05, 0) is 79.7 Å². The van der Waals surface area contributed by atoms with Gasteiger partial charge in [0.25, 0.3) is 0 Å². The van der Waals surface area contributed by atoms with Crippen LogP contribution < -0.4 is 11.1 Å². The molecule has 2 heterocycles. The molecule has 0 spiro atoms. The summed E-state index contributed by atoms with van der Waals surface area (Å²) < 4.78 is 5.44. The second-order valence-corrected chi connectivity index (χ2v) is 12.0. The van der Waals surface area contributed by atoms with Gasteiger partial charge in [-0.2, -0.15) is 0 Å². The fraction of sp³-hybridized carbons (Fsp3) is 0.714.